The molecule has 1 aromatic carbocycles. The van der Waals surface area contributed by atoms with Gasteiger partial charge in [0, 0.05) is 26.4 Å². The Balaban J connectivity index is 2.09. The molecule has 0 saturated carbocycles. The van der Waals surface area contributed by atoms with Crippen molar-refractivity contribution in [3.63, 3.8) is 0 Å². The van der Waals surface area contributed by atoms with Gasteiger partial charge in [-0.2, -0.15) is 0 Å². The van der Waals surface area contributed by atoms with Gasteiger partial charge in [0.05, 0.1) is 24.7 Å². The smallest absolute Gasteiger partial charge is 0.0954 e. The lowest BCUT2D eigenvalue weighted by atomic mass is 10.0. The summed E-state index contributed by atoms with van der Waals surface area (Å²) in [5.74, 6) is 0. The van der Waals surface area contributed by atoms with Crippen LogP contribution in [0.1, 0.15) is 29.8 Å². The van der Waals surface area contributed by atoms with Crippen molar-refractivity contribution in [2.45, 2.75) is 26.4 Å². The summed E-state index contributed by atoms with van der Waals surface area (Å²) in [4.78, 5) is 4.29. The van der Waals surface area contributed by atoms with Crippen LogP contribution in [0.5, 0.6) is 0 Å². The molecular weight excluding hydrogens is 250 g/mol. The Hall–Kier alpha value is -1.65. The summed E-state index contributed by atoms with van der Waals surface area (Å²) in [5.41, 5.74) is 3.84. The highest BCUT2D eigenvalue weighted by molar-refractivity contribution is 5.29. The molecule has 20 heavy (non-hydrogen) atoms. The molecule has 1 heterocycles. The van der Waals surface area contributed by atoms with Gasteiger partial charge in [0.2, 0.25) is 0 Å². The van der Waals surface area contributed by atoms with Crippen molar-refractivity contribution in [2.24, 2.45) is 0 Å². The second kappa shape index (κ2) is 7.22. The van der Waals surface area contributed by atoms with Gasteiger partial charge in [-0.3, -0.25) is 0 Å². The monoisotopic (exact) mass is 273 g/mol. The quantitative estimate of drug-likeness (QED) is 0.788. The van der Waals surface area contributed by atoms with Crippen LogP contribution in [-0.2, 0) is 11.3 Å². The highest BCUT2D eigenvalue weighted by atomic mass is 16.5. The second-order valence-electron chi connectivity index (χ2n) is 4.99. The molecule has 1 aromatic heterocycles. The molecule has 2 rings (SSSR count). The first kappa shape index (κ1) is 14.8. The van der Waals surface area contributed by atoms with Crippen LogP contribution in [0.2, 0.25) is 0 Å². The zero-order valence-electron chi connectivity index (χ0n) is 12.5. The van der Waals surface area contributed by atoms with Gasteiger partial charge >= 0.3 is 0 Å². The first-order valence-corrected chi connectivity index (χ1v) is 7.00. The van der Waals surface area contributed by atoms with Crippen LogP contribution < -0.4 is 5.32 Å². The average molecular weight is 273 g/mol. The van der Waals surface area contributed by atoms with Crippen molar-refractivity contribution < 1.29 is 4.74 Å². The topological polar surface area (TPSA) is 39.1 Å². The number of nitrogens with one attached hydrogen (secondary N) is 1. The third-order valence-electron chi connectivity index (χ3n) is 3.59. The summed E-state index contributed by atoms with van der Waals surface area (Å²) in [7, 11) is 1.71. The molecular formula is C16H23N3O. The molecule has 0 fully saturated rings. The number of aryl methyl sites for hydroxylation is 1. The van der Waals surface area contributed by atoms with Crippen LogP contribution in [0.15, 0.2) is 36.8 Å². The molecule has 0 radical (unpaired) electrons. The van der Waals surface area contributed by atoms with E-state index in [9.17, 15) is 0 Å². The van der Waals surface area contributed by atoms with Crippen LogP contribution in [0.25, 0.3) is 0 Å². The molecule has 0 bridgehead atoms. The molecule has 1 N–H and O–H groups in total. The van der Waals surface area contributed by atoms with Crippen molar-refractivity contribution in [1.29, 1.82) is 0 Å². The van der Waals surface area contributed by atoms with Crippen molar-refractivity contribution in [3.05, 3.63) is 53.6 Å². The molecule has 0 saturated heterocycles. The maximum atomic E-state index is 5.04. The fourth-order valence-corrected chi connectivity index (χ4v) is 2.41. The molecule has 0 spiro atoms. The fraction of sp³-hybridized carbons (Fsp3) is 0.438. The second-order valence-corrected chi connectivity index (χ2v) is 4.99. The van der Waals surface area contributed by atoms with Gasteiger partial charge in [0.25, 0.3) is 0 Å². The zero-order chi connectivity index (χ0) is 14.4. The minimum absolute atomic E-state index is 0.290. The maximum Gasteiger partial charge on any atom is 0.0954 e. The number of benzene rings is 1. The number of hydrogen-bond acceptors (Lipinski definition) is 3. The highest BCUT2D eigenvalue weighted by Crippen LogP contribution is 2.22. The average Bonchev–Trinajstić information content (AvgIpc) is 2.92. The third-order valence-corrected chi connectivity index (χ3v) is 3.59. The maximum absolute atomic E-state index is 5.04. The largest absolute Gasteiger partial charge is 0.383 e. The van der Waals surface area contributed by atoms with Gasteiger partial charge in [-0.15, -0.1) is 0 Å². The van der Waals surface area contributed by atoms with E-state index in [1.165, 1.54) is 16.8 Å². The van der Waals surface area contributed by atoms with Gasteiger partial charge in [0.15, 0.2) is 0 Å². The van der Waals surface area contributed by atoms with Gasteiger partial charge in [-0.25, -0.2) is 4.98 Å². The molecule has 1 unspecified atom stereocenters. The lowest BCUT2D eigenvalue weighted by Crippen LogP contribution is -2.21. The SMILES string of the molecule is COCCNCc1cncn1C(C)c1ccccc1C. The van der Waals surface area contributed by atoms with Crippen LogP contribution in [-0.4, -0.2) is 29.8 Å². The van der Waals surface area contributed by atoms with Crippen molar-refractivity contribution in [3.8, 4) is 0 Å². The third kappa shape index (κ3) is 3.46. The lowest BCUT2D eigenvalue weighted by molar-refractivity contribution is 0.199. The standard InChI is InChI=1S/C16H23N3O/c1-13-6-4-5-7-16(13)14(2)19-12-18-11-15(19)10-17-8-9-20-3/h4-7,11-12,14,17H,8-10H2,1-3H3. The summed E-state index contributed by atoms with van der Waals surface area (Å²) in [6.07, 6.45) is 3.83. The number of hydrogen-bond donors (Lipinski definition) is 1. The normalized spacial score (nSPS) is 12.6. The Morgan fingerprint density at radius 1 is 1.35 bits per heavy atom. The van der Waals surface area contributed by atoms with Crippen LogP contribution in [0, 0.1) is 6.92 Å². The Kier molecular flexibility index (Phi) is 5.32. The number of ether oxygens (including phenoxy) is 1. The van der Waals surface area contributed by atoms with E-state index in [0.29, 0.717) is 0 Å². The van der Waals surface area contributed by atoms with Gasteiger partial charge in [-0.1, -0.05) is 24.3 Å². The molecule has 1 atom stereocenters. The first-order valence-electron chi connectivity index (χ1n) is 7.00. The number of aromatic nitrogens is 2. The molecule has 0 aliphatic heterocycles. The summed E-state index contributed by atoms with van der Waals surface area (Å²) in [6, 6.07) is 8.79. The van der Waals surface area contributed by atoms with Crippen LogP contribution in [0.4, 0.5) is 0 Å². The van der Waals surface area contributed by atoms with E-state index in [-0.39, 0.29) is 6.04 Å². The Morgan fingerprint density at radius 2 is 2.15 bits per heavy atom. The minimum Gasteiger partial charge on any atom is -0.383 e. The van der Waals surface area contributed by atoms with E-state index < -0.39 is 0 Å². The minimum atomic E-state index is 0.290. The molecule has 0 amide bonds. The molecule has 0 aliphatic carbocycles. The van der Waals surface area contributed by atoms with Gasteiger partial charge < -0.3 is 14.6 Å². The number of rotatable bonds is 7. The zero-order valence-corrected chi connectivity index (χ0v) is 12.5. The van der Waals surface area contributed by atoms with Crippen molar-refractivity contribution in [1.82, 2.24) is 14.9 Å². The lowest BCUT2D eigenvalue weighted by Gasteiger charge is -2.19. The van der Waals surface area contributed by atoms with Gasteiger partial charge in [-0.05, 0) is 25.0 Å². The Labute approximate surface area is 120 Å². The Bertz CT molecular complexity index is 536. The fourth-order valence-electron chi connectivity index (χ4n) is 2.41. The molecule has 4 nitrogen and oxygen atoms in total. The van der Waals surface area contributed by atoms with Crippen molar-refractivity contribution in [2.75, 3.05) is 20.3 Å². The summed E-state index contributed by atoms with van der Waals surface area (Å²) >= 11 is 0. The predicted molar refractivity (Wildman–Crippen MR) is 80.8 cm³/mol. The van der Waals surface area contributed by atoms with Crippen LogP contribution >= 0.6 is 0 Å². The van der Waals surface area contributed by atoms with Crippen LogP contribution in [0.3, 0.4) is 0 Å². The van der Waals surface area contributed by atoms with E-state index in [4.69, 9.17) is 4.74 Å². The Morgan fingerprint density at radius 3 is 2.90 bits per heavy atom. The van der Waals surface area contributed by atoms with Crippen molar-refractivity contribution >= 4 is 0 Å². The first-order chi connectivity index (χ1) is 9.74. The highest BCUT2D eigenvalue weighted by Gasteiger charge is 2.12. The van der Waals surface area contributed by atoms with E-state index in [2.05, 4.69) is 53.0 Å². The summed E-state index contributed by atoms with van der Waals surface area (Å²) in [6.45, 7) is 6.74. The molecule has 2 aromatic rings. The van der Waals surface area contributed by atoms with E-state index in [1.807, 2.05) is 12.5 Å². The van der Waals surface area contributed by atoms with Gasteiger partial charge in [0.1, 0.15) is 0 Å². The van der Waals surface area contributed by atoms with E-state index in [0.717, 1.165) is 19.7 Å². The molecule has 0 aliphatic rings. The van der Waals surface area contributed by atoms with E-state index in [1.54, 1.807) is 7.11 Å². The number of nitrogens with zero attached hydrogens (tertiary/aromatic N) is 2. The summed E-state index contributed by atoms with van der Waals surface area (Å²) < 4.78 is 7.26. The molecule has 4 heteroatoms. The number of methoxy groups -OCH3 is 1. The summed E-state index contributed by atoms with van der Waals surface area (Å²) in [5, 5.41) is 3.36. The molecule has 108 valence electrons. The number of imidazole rings is 1. The van der Waals surface area contributed by atoms with E-state index >= 15 is 0 Å². The predicted octanol–water partition coefficient (Wildman–Crippen LogP) is 2.54.